The van der Waals surface area contributed by atoms with Crippen LogP contribution in [-0.4, -0.2) is 30.2 Å². The van der Waals surface area contributed by atoms with Gasteiger partial charge >= 0.3 is 0 Å². The van der Waals surface area contributed by atoms with Crippen LogP contribution in [0.5, 0.6) is 0 Å². The van der Waals surface area contributed by atoms with Crippen molar-refractivity contribution in [2.75, 3.05) is 6.54 Å². The summed E-state index contributed by atoms with van der Waals surface area (Å²) < 4.78 is 0. The van der Waals surface area contributed by atoms with E-state index in [4.69, 9.17) is 40.1 Å². The van der Waals surface area contributed by atoms with Crippen molar-refractivity contribution in [2.45, 2.75) is 32.9 Å². The van der Waals surface area contributed by atoms with Gasteiger partial charge in [-0.25, -0.2) is 0 Å². The molecule has 7 N–H and O–H groups in total. The molecule has 162 valence electrons. The number of halogens is 2. The molecular weight excluding hydrogens is 425 g/mol. The van der Waals surface area contributed by atoms with Crippen molar-refractivity contribution in [3.63, 3.8) is 0 Å². The topological polar surface area (TPSA) is 134 Å². The highest BCUT2D eigenvalue weighted by Gasteiger charge is 2.14. The van der Waals surface area contributed by atoms with Crippen molar-refractivity contribution >= 4 is 40.9 Å². The molecule has 0 saturated heterocycles. The van der Waals surface area contributed by atoms with E-state index in [1.54, 1.807) is 37.3 Å². The lowest BCUT2D eigenvalue weighted by Gasteiger charge is -2.13. The van der Waals surface area contributed by atoms with Gasteiger partial charge in [-0.1, -0.05) is 54.4 Å². The lowest BCUT2D eigenvalue weighted by molar-refractivity contribution is -0.128. The van der Waals surface area contributed by atoms with Crippen LogP contribution in [0.15, 0.2) is 42.5 Å². The average Bonchev–Trinajstić information content (AvgIpc) is 2.71. The Balaban J connectivity index is 0.000000375. The first kappa shape index (κ1) is 25.4. The van der Waals surface area contributed by atoms with E-state index in [-0.39, 0.29) is 24.2 Å². The second kappa shape index (κ2) is 12.8. The molecule has 0 saturated carbocycles. The minimum atomic E-state index is -0.637. The van der Waals surface area contributed by atoms with Gasteiger partial charge in [0.25, 0.3) is 0 Å². The predicted molar refractivity (Wildman–Crippen MR) is 122 cm³/mol. The van der Waals surface area contributed by atoms with Gasteiger partial charge in [0.15, 0.2) is 0 Å². The Hall–Kier alpha value is -2.61. The number of hydrogen-bond acceptors (Lipinski definition) is 4. The van der Waals surface area contributed by atoms with Crippen LogP contribution in [0.3, 0.4) is 0 Å². The van der Waals surface area contributed by atoms with Gasteiger partial charge in [-0.15, -0.1) is 0 Å². The number of benzene rings is 2. The molecule has 30 heavy (non-hydrogen) atoms. The number of nitrogens with two attached hydrogens (primary N) is 2. The highest BCUT2D eigenvalue weighted by atomic mass is 35.5. The fraction of sp³-hybridized carbons (Fsp3) is 0.286. The third-order valence-corrected chi connectivity index (χ3v) is 4.45. The number of carbonyl (C=O) groups excluding carboxylic acids is 2. The van der Waals surface area contributed by atoms with Gasteiger partial charge in [0.2, 0.25) is 11.8 Å². The zero-order valence-electron chi connectivity index (χ0n) is 17.0. The third-order valence-electron chi connectivity index (χ3n) is 4.02. The van der Waals surface area contributed by atoms with E-state index in [9.17, 15) is 9.59 Å². The lowest BCUT2D eigenvalue weighted by atomic mass is 10.1. The van der Waals surface area contributed by atoms with Crippen LogP contribution in [-0.2, 0) is 22.6 Å². The Morgan fingerprint density at radius 3 is 2.10 bits per heavy atom. The molecule has 9 heteroatoms. The molecule has 7 nitrogen and oxygen atoms in total. The summed E-state index contributed by atoms with van der Waals surface area (Å²) in [6.07, 6.45) is 0.972. The molecule has 0 aliphatic carbocycles. The van der Waals surface area contributed by atoms with Crippen LogP contribution in [0.25, 0.3) is 0 Å². The molecule has 0 aliphatic rings. The number of rotatable bonds is 7. The maximum absolute atomic E-state index is 11.7. The highest BCUT2D eigenvalue weighted by molar-refractivity contribution is 6.34. The molecule has 2 rings (SSSR count). The van der Waals surface area contributed by atoms with Crippen molar-refractivity contribution in [1.29, 1.82) is 5.41 Å². The van der Waals surface area contributed by atoms with Crippen molar-refractivity contribution in [3.8, 4) is 0 Å². The van der Waals surface area contributed by atoms with Crippen LogP contribution in [0.2, 0.25) is 10.0 Å². The maximum Gasteiger partial charge on any atom is 0.242 e. The second-order valence-corrected chi connectivity index (χ2v) is 7.33. The number of nitrogens with one attached hydrogen (secondary N) is 3. The predicted octanol–water partition coefficient (Wildman–Crippen LogP) is 2.61. The number of nitrogen functional groups attached to an aromatic ring is 1. The van der Waals surface area contributed by atoms with E-state index in [2.05, 4.69) is 17.6 Å². The van der Waals surface area contributed by atoms with Gasteiger partial charge in [-0.3, -0.25) is 15.0 Å². The first-order valence-electron chi connectivity index (χ1n) is 9.31. The van der Waals surface area contributed by atoms with Crippen LogP contribution >= 0.6 is 23.2 Å². The van der Waals surface area contributed by atoms with Crippen molar-refractivity contribution < 1.29 is 9.59 Å². The standard InChI is InChI=1S/C13H19N5O2.C8H8Cl2/c1-8(18-11(19)6-14)13(20)17-7-9-2-4-10(5-3-9)12(15)16;1-2-6-3-7(9)5-8(10)4-6/h2-5,8H,6-7,14H2,1H3,(H3,15,16)(H,17,20)(H,18,19);3-5H,2H2,1H3. The quantitative estimate of drug-likeness (QED) is 0.326. The third kappa shape index (κ3) is 9.26. The summed E-state index contributed by atoms with van der Waals surface area (Å²) in [7, 11) is 0. The molecule has 0 spiro atoms. The van der Waals surface area contributed by atoms with E-state index in [0.717, 1.165) is 12.0 Å². The summed E-state index contributed by atoms with van der Waals surface area (Å²) in [5.74, 6) is -0.667. The number of amides is 2. The molecule has 0 heterocycles. The van der Waals surface area contributed by atoms with Gasteiger partial charge in [-0.05, 0) is 42.7 Å². The van der Waals surface area contributed by atoms with Crippen molar-refractivity contribution in [3.05, 3.63) is 69.2 Å². The van der Waals surface area contributed by atoms with Crippen molar-refractivity contribution in [2.24, 2.45) is 11.5 Å². The number of carbonyl (C=O) groups is 2. The van der Waals surface area contributed by atoms with Crippen LogP contribution < -0.4 is 22.1 Å². The fourth-order valence-corrected chi connectivity index (χ4v) is 2.90. The molecular formula is C21H27Cl2N5O2. The monoisotopic (exact) mass is 451 g/mol. The Labute approximate surface area is 186 Å². The minimum absolute atomic E-state index is 0.00120. The second-order valence-electron chi connectivity index (χ2n) is 6.45. The number of amidine groups is 1. The Morgan fingerprint density at radius 2 is 1.63 bits per heavy atom. The van der Waals surface area contributed by atoms with Crippen LogP contribution in [0.1, 0.15) is 30.5 Å². The summed E-state index contributed by atoms with van der Waals surface area (Å²) in [6, 6.07) is 11.9. The highest BCUT2D eigenvalue weighted by Crippen LogP contribution is 2.18. The van der Waals surface area contributed by atoms with E-state index < -0.39 is 6.04 Å². The fourth-order valence-electron chi connectivity index (χ4n) is 2.33. The lowest BCUT2D eigenvalue weighted by Crippen LogP contribution is -2.46. The van der Waals surface area contributed by atoms with E-state index in [1.807, 2.05) is 12.1 Å². The Bertz CT molecular complexity index is 852. The van der Waals surface area contributed by atoms with Gasteiger partial charge < -0.3 is 22.1 Å². The summed E-state index contributed by atoms with van der Waals surface area (Å²) in [4.78, 5) is 22.8. The average molecular weight is 452 g/mol. The van der Waals surface area contributed by atoms with E-state index in [0.29, 0.717) is 22.2 Å². The number of hydrogen-bond donors (Lipinski definition) is 5. The Kier molecular flexibility index (Phi) is 10.9. The molecule has 0 aliphatic heterocycles. The first-order chi connectivity index (χ1) is 14.2. The molecule has 0 aromatic heterocycles. The first-order valence-corrected chi connectivity index (χ1v) is 10.1. The molecule has 1 unspecified atom stereocenters. The molecule has 1 atom stereocenters. The number of aryl methyl sites for hydroxylation is 1. The maximum atomic E-state index is 11.7. The molecule has 2 amide bonds. The zero-order chi connectivity index (χ0) is 22.7. The molecule has 0 fully saturated rings. The van der Waals surface area contributed by atoms with Crippen LogP contribution in [0, 0.1) is 5.41 Å². The molecule has 2 aromatic carbocycles. The summed E-state index contributed by atoms with van der Waals surface area (Å²) in [6.45, 7) is 3.84. The summed E-state index contributed by atoms with van der Waals surface area (Å²) in [5.41, 5.74) is 13.2. The van der Waals surface area contributed by atoms with Gasteiger partial charge in [0, 0.05) is 22.2 Å². The SMILES string of the molecule is CC(NC(=O)CN)C(=O)NCc1ccc(C(=N)N)cc1.CCc1cc(Cl)cc(Cl)c1. The van der Waals surface area contributed by atoms with Gasteiger partial charge in [-0.2, -0.15) is 0 Å². The zero-order valence-corrected chi connectivity index (χ0v) is 18.5. The van der Waals surface area contributed by atoms with E-state index in [1.165, 1.54) is 5.56 Å². The Morgan fingerprint density at radius 1 is 1.07 bits per heavy atom. The minimum Gasteiger partial charge on any atom is -0.384 e. The van der Waals surface area contributed by atoms with Gasteiger partial charge in [0.1, 0.15) is 11.9 Å². The molecule has 0 radical (unpaired) electrons. The van der Waals surface area contributed by atoms with E-state index >= 15 is 0 Å². The smallest absolute Gasteiger partial charge is 0.242 e. The van der Waals surface area contributed by atoms with Gasteiger partial charge in [0.05, 0.1) is 6.54 Å². The van der Waals surface area contributed by atoms with Crippen molar-refractivity contribution in [1.82, 2.24) is 10.6 Å². The summed E-state index contributed by atoms with van der Waals surface area (Å²) in [5, 5.41) is 13.9. The summed E-state index contributed by atoms with van der Waals surface area (Å²) >= 11 is 11.5. The largest absolute Gasteiger partial charge is 0.384 e. The molecule has 0 bridgehead atoms. The van der Waals surface area contributed by atoms with Crippen LogP contribution in [0.4, 0.5) is 0 Å². The molecule has 2 aromatic rings. The normalized spacial score (nSPS) is 11.0.